The van der Waals surface area contributed by atoms with Gasteiger partial charge in [-0.3, -0.25) is 4.79 Å². The number of hydrogen-bond donors (Lipinski definition) is 3. The number of fused-ring (bicyclic) bond motifs is 2. The highest BCUT2D eigenvalue weighted by atomic mass is 35.5. The number of benzene rings is 1. The number of halogens is 1. The molecular weight excluding hydrogens is 374 g/mol. The van der Waals surface area contributed by atoms with Crippen LogP contribution < -0.4 is 15.4 Å². The van der Waals surface area contributed by atoms with E-state index in [9.17, 15) is 13.2 Å². The minimum Gasteiger partial charge on any atom is -0.355 e. The molecule has 0 aliphatic carbocycles. The van der Waals surface area contributed by atoms with Gasteiger partial charge in [-0.05, 0) is 50.7 Å². The van der Waals surface area contributed by atoms with Crippen molar-refractivity contribution >= 4 is 28.3 Å². The molecule has 0 radical (unpaired) electrons. The van der Waals surface area contributed by atoms with Crippen LogP contribution in [0.15, 0.2) is 29.2 Å². The van der Waals surface area contributed by atoms with E-state index in [0.717, 1.165) is 18.4 Å². The summed E-state index contributed by atoms with van der Waals surface area (Å²) in [7, 11) is -3.52. The molecule has 8 heteroatoms. The Morgan fingerprint density at radius 3 is 2.35 bits per heavy atom. The van der Waals surface area contributed by atoms with Gasteiger partial charge in [0.2, 0.25) is 15.9 Å². The molecule has 2 saturated heterocycles. The Bertz CT molecular complexity index is 697. The van der Waals surface area contributed by atoms with Crippen LogP contribution in [-0.2, 0) is 14.8 Å². The Labute approximate surface area is 162 Å². The van der Waals surface area contributed by atoms with Gasteiger partial charge in [0.15, 0.2) is 0 Å². The van der Waals surface area contributed by atoms with E-state index in [1.807, 2.05) is 6.92 Å². The fraction of sp³-hybridized carbons (Fsp3) is 0.611. The van der Waals surface area contributed by atoms with Gasteiger partial charge in [-0.1, -0.05) is 17.7 Å². The number of piperidine rings is 1. The zero-order chi connectivity index (χ0) is 17.9. The van der Waals surface area contributed by atoms with Crippen molar-refractivity contribution in [3.8, 4) is 0 Å². The summed E-state index contributed by atoms with van der Waals surface area (Å²) in [6.07, 6.45) is 5.14. The summed E-state index contributed by atoms with van der Waals surface area (Å²) in [5, 5.41) is 6.40. The number of amides is 1. The van der Waals surface area contributed by atoms with Gasteiger partial charge < -0.3 is 10.6 Å². The normalized spacial score (nSPS) is 24.7. The number of carbonyl (C=O) groups excluding carboxylic acids is 1. The van der Waals surface area contributed by atoms with Crippen molar-refractivity contribution in [2.75, 3.05) is 13.1 Å². The third-order valence-corrected chi connectivity index (χ3v) is 6.59. The summed E-state index contributed by atoms with van der Waals surface area (Å²) in [6, 6.07) is 7.87. The Kier molecular flexibility index (Phi) is 7.46. The van der Waals surface area contributed by atoms with E-state index < -0.39 is 10.0 Å². The maximum atomic E-state index is 12.2. The summed E-state index contributed by atoms with van der Waals surface area (Å²) in [6.45, 7) is 2.41. The van der Waals surface area contributed by atoms with E-state index in [1.165, 1.54) is 12.8 Å². The fourth-order valence-corrected chi connectivity index (χ4v) is 4.90. The molecule has 2 heterocycles. The molecule has 1 aromatic rings. The zero-order valence-corrected chi connectivity index (χ0v) is 16.7. The molecule has 6 nitrogen and oxygen atoms in total. The van der Waals surface area contributed by atoms with Crippen molar-refractivity contribution in [2.24, 2.45) is 5.92 Å². The average molecular weight is 402 g/mol. The van der Waals surface area contributed by atoms with Crippen LogP contribution >= 0.6 is 12.4 Å². The standard InChI is InChI=1S/C18H27N3O3S.ClH/c1-13-2-6-17(7-3-13)25(23,24)20-9-8-19-18(22)12-14-10-15-4-5-16(11-14)21-15;/h2-3,6-7,14-16,20-21H,4-5,8-12H2,1H3,(H,19,22);1H. The summed E-state index contributed by atoms with van der Waals surface area (Å²) < 4.78 is 26.8. The average Bonchev–Trinajstić information content (AvgIpc) is 2.91. The predicted octanol–water partition coefficient (Wildman–Crippen LogP) is 1.73. The highest BCUT2D eigenvalue weighted by Crippen LogP contribution is 2.32. The second kappa shape index (κ2) is 9.17. The topological polar surface area (TPSA) is 87.3 Å². The lowest BCUT2D eigenvalue weighted by atomic mass is 9.89. The van der Waals surface area contributed by atoms with Crippen LogP contribution in [0, 0.1) is 12.8 Å². The summed E-state index contributed by atoms with van der Waals surface area (Å²) in [4.78, 5) is 12.3. The molecule has 3 N–H and O–H groups in total. The number of sulfonamides is 1. The van der Waals surface area contributed by atoms with Gasteiger partial charge in [-0.2, -0.15) is 0 Å². The van der Waals surface area contributed by atoms with Crippen molar-refractivity contribution in [1.29, 1.82) is 0 Å². The highest BCUT2D eigenvalue weighted by molar-refractivity contribution is 7.89. The van der Waals surface area contributed by atoms with Crippen LogP contribution in [0.4, 0.5) is 0 Å². The molecule has 0 saturated carbocycles. The molecule has 26 heavy (non-hydrogen) atoms. The van der Waals surface area contributed by atoms with Crippen LogP contribution in [0.3, 0.4) is 0 Å². The number of rotatable bonds is 7. The SMILES string of the molecule is Cc1ccc(S(=O)(=O)NCCNC(=O)CC2CC3CCC(C2)N3)cc1.Cl. The van der Waals surface area contributed by atoms with Crippen molar-refractivity contribution in [2.45, 2.75) is 56.0 Å². The van der Waals surface area contributed by atoms with Gasteiger partial charge in [0.25, 0.3) is 0 Å². The van der Waals surface area contributed by atoms with Gasteiger partial charge >= 0.3 is 0 Å². The maximum Gasteiger partial charge on any atom is 0.240 e. The summed E-state index contributed by atoms with van der Waals surface area (Å²) in [5.74, 6) is 0.462. The number of hydrogen-bond acceptors (Lipinski definition) is 4. The number of aryl methyl sites for hydroxylation is 1. The van der Waals surface area contributed by atoms with Gasteiger partial charge in [0, 0.05) is 31.6 Å². The molecule has 2 atom stereocenters. The third kappa shape index (κ3) is 5.67. The lowest BCUT2D eigenvalue weighted by Crippen LogP contribution is -2.40. The first-order valence-electron chi connectivity index (χ1n) is 9.01. The Balaban J connectivity index is 0.00000243. The van der Waals surface area contributed by atoms with Crippen molar-refractivity contribution in [1.82, 2.24) is 15.4 Å². The minimum absolute atomic E-state index is 0. The smallest absolute Gasteiger partial charge is 0.240 e. The van der Waals surface area contributed by atoms with Crippen molar-refractivity contribution in [3.05, 3.63) is 29.8 Å². The molecule has 2 fully saturated rings. The number of nitrogens with one attached hydrogen (secondary N) is 3. The second-order valence-corrected chi connectivity index (χ2v) is 9.01. The molecule has 3 rings (SSSR count). The largest absolute Gasteiger partial charge is 0.355 e. The maximum absolute atomic E-state index is 12.2. The predicted molar refractivity (Wildman–Crippen MR) is 104 cm³/mol. The summed E-state index contributed by atoms with van der Waals surface area (Å²) >= 11 is 0. The van der Waals surface area contributed by atoms with Gasteiger partial charge in [0.05, 0.1) is 4.90 Å². The van der Waals surface area contributed by atoms with Crippen molar-refractivity contribution in [3.63, 3.8) is 0 Å². The molecule has 2 aliphatic rings. The molecule has 146 valence electrons. The van der Waals surface area contributed by atoms with Crippen LogP contribution in [-0.4, -0.2) is 39.5 Å². The monoisotopic (exact) mass is 401 g/mol. The lowest BCUT2D eigenvalue weighted by molar-refractivity contribution is -0.122. The van der Waals surface area contributed by atoms with Gasteiger partial charge in [-0.15, -0.1) is 12.4 Å². The van der Waals surface area contributed by atoms with Gasteiger partial charge in [-0.25, -0.2) is 13.1 Å². The van der Waals surface area contributed by atoms with Crippen molar-refractivity contribution < 1.29 is 13.2 Å². The van der Waals surface area contributed by atoms with Crippen LogP contribution in [0.1, 0.15) is 37.7 Å². The first-order valence-corrected chi connectivity index (χ1v) is 10.5. The van der Waals surface area contributed by atoms with E-state index in [2.05, 4.69) is 15.4 Å². The molecule has 1 aromatic carbocycles. The molecule has 1 amide bonds. The zero-order valence-electron chi connectivity index (χ0n) is 15.0. The molecule has 2 bridgehead atoms. The first kappa shape index (κ1) is 21.2. The minimum atomic E-state index is -3.52. The quantitative estimate of drug-likeness (QED) is 0.607. The lowest BCUT2D eigenvalue weighted by Gasteiger charge is -2.28. The Hall–Kier alpha value is -1.15. The van der Waals surface area contributed by atoms with Gasteiger partial charge in [0.1, 0.15) is 0 Å². The highest BCUT2D eigenvalue weighted by Gasteiger charge is 2.34. The van der Waals surface area contributed by atoms with E-state index in [0.29, 0.717) is 31.0 Å². The Morgan fingerprint density at radius 2 is 1.73 bits per heavy atom. The molecule has 2 aliphatic heterocycles. The number of carbonyl (C=O) groups is 1. The molecule has 0 aromatic heterocycles. The fourth-order valence-electron chi connectivity index (χ4n) is 3.86. The molecule has 0 spiro atoms. The van der Waals surface area contributed by atoms with E-state index in [4.69, 9.17) is 0 Å². The van der Waals surface area contributed by atoms with E-state index in [1.54, 1.807) is 24.3 Å². The Morgan fingerprint density at radius 1 is 1.12 bits per heavy atom. The molecule has 2 unspecified atom stereocenters. The first-order chi connectivity index (χ1) is 11.9. The summed E-state index contributed by atoms with van der Waals surface area (Å²) in [5.41, 5.74) is 1.01. The van der Waals surface area contributed by atoms with E-state index in [-0.39, 0.29) is 29.8 Å². The van der Waals surface area contributed by atoms with Crippen LogP contribution in [0.5, 0.6) is 0 Å². The van der Waals surface area contributed by atoms with Crippen LogP contribution in [0.25, 0.3) is 0 Å². The second-order valence-electron chi connectivity index (χ2n) is 7.24. The van der Waals surface area contributed by atoms with Crippen LogP contribution in [0.2, 0.25) is 0 Å². The van der Waals surface area contributed by atoms with E-state index >= 15 is 0 Å². The third-order valence-electron chi connectivity index (χ3n) is 5.12. The molecular formula is C18H28ClN3O3S.